The molecular formula is C10H11N5O. The minimum absolute atomic E-state index is 0.0425. The maximum absolute atomic E-state index is 11.0. The normalized spacial score (nSPS) is 9.19. The van der Waals surface area contributed by atoms with E-state index in [4.69, 9.17) is 10.5 Å². The Hall–Kier alpha value is -2.34. The fraction of sp³-hybridized carbons (Fsp3) is 0.400. The van der Waals surface area contributed by atoms with Gasteiger partial charge in [-0.25, -0.2) is 4.98 Å². The zero-order valence-corrected chi connectivity index (χ0v) is 8.90. The van der Waals surface area contributed by atoms with Crippen LogP contribution in [0.4, 0.5) is 0 Å². The van der Waals surface area contributed by atoms with Crippen molar-refractivity contribution in [1.82, 2.24) is 14.9 Å². The van der Waals surface area contributed by atoms with E-state index >= 15 is 0 Å². The van der Waals surface area contributed by atoms with E-state index in [-0.39, 0.29) is 17.3 Å². The molecule has 0 atom stereocenters. The van der Waals surface area contributed by atoms with Gasteiger partial charge in [0.1, 0.15) is 12.1 Å². The van der Waals surface area contributed by atoms with Gasteiger partial charge in [-0.3, -0.25) is 4.79 Å². The third kappa shape index (κ3) is 2.58. The number of hydrogen-bond donors (Lipinski definition) is 1. The number of aryl methyl sites for hydroxylation is 1. The van der Waals surface area contributed by atoms with E-state index in [0.29, 0.717) is 19.4 Å². The van der Waals surface area contributed by atoms with Gasteiger partial charge in [-0.05, 0) is 6.42 Å². The highest BCUT2D eigenvalue weighted by Crippen LogP contribution is 2.06. The molecule has 0 aliphatic heterocycles. The smallest absolute Gasteiger partial charge is 0.219 e. The summed E-state index contributed by atoms with van der Waals surface area (Å²) in [6.45, 7) is 0.505. The number of imidazole rings is 1. The third-order valence-corrected chi connectivity index (χ3v) is 2.13. The van der Waals surface area contributed by atoms with Gasteiger partial charge in [0.2, 0.25) is 5.91 Å². The lowest BCUT2D eigenvalue weighted by atomic mass is 10.3. The van der Waals surface area contributed by atoms with Crippen LogP contribution in [0.2, 0.25) is 0 Å². The van der Waals surface area contributed by atoms with Gasteiger partial charge < -0.3 is 9.88 Å². The first-order valence-electron chi connectivity index (χ1n) is 4.78. The molecule has 0 unspecified atom stereocenters. The van der Waals surface area contributed by atoms with Gasteiger partial charge in [-0.1, -0.05) is 0 Å². The summed E-state index contributed by atoms with van der Waals surface area (Å²) in [5.74, 6) is -0.0425. The molecule has 0 saturated carbocycles. The maximum atomic E-state index is 11.0. The van der Waals surface area contributed by atoms with Crippen LogP contribution < -0.4 is 5.32 Å². The largest absolute Gasteiger partial charge is 0.359 e. The minimum atomic E-state index is -0.0425. The second kappa shape index (κ2) is 5.52. The van der Waals surface area contributed by atoms with Crippen molar-refractivity contribution in [3.8, 4) is 12.1 Å². The number of amides is 1. The van der Waals surface area contributed by atoms with Crippen molar-refractivity contribution < 1.29 is 4.79 Å². The highest BCUT2D eigenvalue weighted by atomic mass is 16.1. The van der Waals surface area contributed by atoms with Gasteiger partial charge in [0, 0.05) is 20.0 Å². The predicted octanol–water partition coefficient (Wildman–Crippen LogP) is 0.153. The SMILES string of the molecule is CNC(=O)CCCn1cnc(C#N)c1C#N. The van der Waals surface area contributed by atoms with Crippen LogP contribution in [0, 0.1) is 22.7 Å². The van der Waals surface area contributed by atoms with E-state index in [1.54, 1.807) is 11.6 Å². The molecular weight excluding hydrogens is 206 g/mol. The van der Waals surface area contributed by atoms with Gasteiger partial charge >= 0.3 is 0 Å². The first-order chi connectivity index (χ1) is 7.72. The first kappa shape index (κ1) is 11.7. The number of nitriles is 2. The molecule has 1 N–H and O–H groups in total. The molecule has 16 heavy (non-hydrogen) atoms. The molecule has 0 aliphatic rings. The van der Waals surface area contributed by atoms with E-state index in [2.05, 4.69) is 10.3 Å². The van der Waals surface area contributed by atoms with Crippen molar-refractivity contribution in [3.05, 3.63) is 17.7 Å². The molecule has 0 saturated heterocycles. The molecule has 1 rings (SSSR count). The Morgan fingerprint density at radius 1 is 1.56 bits per heavy atom. The Morgan fingerprint density at radius 3 is 2.88 bits per heavy atom. The molecule has 1 heterocycles. The van der Waals surface area contributed by atoms with Crippen LogP contribution in [0.15, 0.2) is 6.33 Å². The lowest BCUT2D eigenvalue weighted by Gasteiger charge is -2.02. The van der Waals surface area contributed by atoms with E-state index in [1.165, 1.54) is 6.33 Å². The standard InChI is InChI=1S/C10H11N5O/c1-13-10(16)3-2-4-15-7-14-8(5-11)9(15)6-12/h7H,2-4H2,1H3,(H,13,16). The molecule has 6 heteroatoms. The van der Waals surface area contributed by atoms with E-state index in [9.17, 15) is 4.79 Å². The zero-order valence-electron chi connectivity index (χ0n) is 8.90. The van der Waals surface area contributed by atoms with Crippen LogP contribution >= 0.6 is 0 Å². The average molecular weight is 217 g/mol. The van der Waals surface area contributed by atoms with Crippen molar-refractivity contribution in [3.63, 3.8) is 0 Å². The molecule has 0 bridgehead atoms. The molecule has 1 aromatic rings. The summed E-state index contributed by atoms with van der Waals surface area (Å²) in [5, 5.41) is 20.0. The van der Waals surface area contributed by atoms with Crippen LogP contribution in [0.5, 0.6) is 0 Å². The topological polar surface area (TPSA) is 94.5 Å². The van der Waals surface area contributed by atoms with E-state index < -0.39 is 0 Å². The monoisotopic (exact) mass is 217 g/mol. The predicted molar refractivity (Wildman–Crippen MR) is 55.0 cm³/mol. The summed E-state index contributed by atoms with van der Waals surface area (Å²) in [5.41, 5.74) is 0.377. The Labute approximate surface area is 93.1 Å². The molecule has 0 spiro atoms. The van der Waals surface area contributed by atoms with Crippen molar-refractivity contribution in [2.45, 2.75) is 19.4 Å². The Balaban J connectivity index is 2.62. The summed E-state index contributed by atoms with van der Waals surface area (Å²) >= 11 is 0. The highest BCUT2D eigenvalue weighted by molar-refractivity contribution is 5.75. The van der Waals surface area contributed by atoms with Crippen LogP contribution in [0.25, 0.3) is 0 Å². The van der Waals surface area contributed by atoms with Crippen molar-refractivity contribution in [2.24, 2.45) is 0 Å². The Bertz CT molecular complexity index is 463. The van der Waals surface area contributed by atoms with Crippen molar-refractivity contribution in [1.29, 1.82) is 10.5 Å². The summed E-state index contributed by atoms with van der Waals surface area (Å²) in [7, 11) is 1.58. The lowest BCUT2D eigenvalue weighted by molar-refractivity contribution is -0.120. The average Bonchev–Trinajstić information content (AvgIpc) is 2.70. The van der Waals surface area contributed by atoms with Gasteiger partial charge in [-0.2, -0.15) is 10.5 Å². The summed E-state index contributed by atoms with van der Waals surface area (Å²) in [4.78, 5) is 14.8. The zero-order chi connectivity index (χ0) is 12.0. The van der Waals surface area contributed by atoms with Crippen LogP contribution in [-0.2, 0) is 11.3 Å². The molecule has 0 radical (unpaired) electrons. The summed E-state index contributed by atoms with van der Waals surface area (Å²) in [6.07, 6.45) is 2.44. The number of carbonyl (C=O) groups is 1. The third-order valence-electron chi connectivity index (χ3n) is 2.13. The Morgan fingerprint density at radius 2 is 2.31 bits per heavy atom. The number of carbonyl (C=O) groups excluding carboxylic acids is 1. The Kier molecular flexibility index (Phi) is 4.05. The molecule has 6 nitrogen and oxygen atoms in total. The van der Waals surface area contributed by atoms with Crippen LogP contribution in [0.3, 0.4) is 0 Å². The minimum Gasteiger partial charge on any atom is -0.359 e. The van der Waals surface area contributed by atoms with Gasteiger partial charge in [0.25, 0.3) is 0 Å². The van der Waals surface area contributed by atoms with Crippen LogP contribution in [0.1, 0.15) is 24.2 Å². The second-order valence-electron chi connectivity index (χ2n) is 3.14. The number of nitrogens with one attached hydrogen (secondary N) is 1. The fourth-order valence-corrected chi connectivity index (χ4v) is 1.29. The number of aromatic nitrogens is 2. The van der Waals surface area contributed by atoms with Crippen molar-refractivity contribution >= 4 is 5.91 Å². The quantitative estimate of drug-likeness (QED) is 0.776. The number of rotatable bonds is 4. The highest BCUT2D eigenvalue weighted by Gasteiger charge is 2.09. The van der Waals surface area contributed by atoms with E-state index in [1.807, 2.05) is 12.1 Å². The molecule has 0 aliphatic carbocycles. The van der Waals surface area contributed by atoms with Gasteiger partial charge in [0.05, 0.1) is 6.33 Å². The number of nitrogens with zero attached hydrogens (tertiary/aromatic N) is 4. The summed E-state index contributed by atoms with van der Waals surface area (Å²) < 4.78 is 1.58. The van der Waals surface area contributed by atoms with Crippen molar-refractivity contribution in [2.75, 3.05) is 7.05 Å². The first-order valence-corrected chi connectivity index (χ1v) is 4.78. The van der Waals surface area contributed by atoms with Gasteiger partial charge in [-0.15, -0.1) is 0 Å². The molecule has 0 fully saturated rings. The second-order valence-corrected chi connectivity index (χ2v) is 3.14. The van der Waals surface area contributed by atoms with Crippen LogP contribution in [-0.4, -0.2) is 22.5 Å². The maximum Gasteiger partial charge on any atom is 0.219 e. The number of hydrogen-bond acceptors (Lipinski definition) is 4. The molecule has 1 amide bonds. The summed E-state index contributed by atoms with van der Waals surface area (Å²) in [6, 6.07) is 3.77. The van der Waals surface area contributed by atoms with Gasteiger partial charge in [0.15, 0.2) is 11.4 Å². The molecule has 0 aromatic carbocycles. The molecule has 82 valence electrons. The molecule has 1 aromatic heterocycles. The van der Waals surface area contributed by atoms with E-state index in [0.717, 1.165) is 0 Å². The fourth-order valence-electron chi connectivity index (χ4n) is 1.29. The lowest BCUT2D eigenvalue weighted by Crippen LogP contribution is -2.17.